The molecular weight excluding hydrogens is 254 g/mol. The van der Waals surface area contributed by atoms with Gasteiger partial charge in [-0.3, -0.25) is 0 Å². The van der Waals surface area contributed by atoms with Crippen molar-refractivity contribution in [2.24, 2.45) is 4.40 Å². The summed E-state index contributed by atoms with van der Waals surface area (Å²) in [6, 6.07) is 10.7. The highest BCUT2D eigenvalue weighted by molar-refractivity contribution is 7.92. The van der Waals surface area contributed by atoms with Gasteiger partial charge >= 0.3 is 0 Å². The van der Waals surface area contributed by atoms with Gasteiger partial charge in [-0.1, -0.05) is 35.9 Å². The third-order valence-electron chi connectivity index (χ3n) is 2.17. The van der Waals surface area contributed by atoms with Crippen LogP contribution in [-0.4, -0.2) is 14.6 Å². The van der Waals surface area contributed by atoms with Crippen molar-refractivity contribution in [1.82, 2.24) is 0 Å². The molecule has 0 radical (unpaired) electrons. The van der Waals surface area contributed by atoms with E-state index < -0.39 is 10.0 Å². The van der Waals surface area contributed by atoms with E-state index in [0.717, 1.165) is 11.1 Å². The zero-order valence-electron chi connectivity index (χ0n) is 9.20. The molecule has 0 aliphatic heterocycles. The molecule has 0 N–H and O–H groups in total. The summed E-state index contributed by atoms with van der Waals surface area (Å²) in [5, 5.41) is 1.72. The lowest BCUT2D eigenvalue weighted by atomic mass is 10.2. The van der Waals surface area contributed by atoms with Gasteiger partial charge in [0, 0.05) is 6.21 Å². The Labute approximate surface area is 105 Å². The summed E-state index contributed by atoms with van der Waals surface area (Å²) >= 11 is 1.17. The van der Waals surface area contributed by atoms with Crippen LogP contribution in [-0.2, 0) is 10.0 Å². The second-order valence-electron chi connectivity index (χ2n) is 3.55. The fourth-order valence-corrected chi connectivity index (χ4v) is 3.09. The van der Waals surface area contributed by atoms with Crippen LogP contribution < -0.4 is 0 Å². The quantitative estimate of drug-likeness (QED) is 0.801. The minimum atomic E-state index is -3.54. The average molecular weight is 265 g/mol. The van der Waals surface area contributed by atoms with E-state index in [9.17, 15) is 8.42 Å². The van der Waals surface area contributed by atoms with E-state index in [2.05, 4.69) is 4.40 Å². The Morgan fingerprint density at radius 1 is 1.18 bits per heavy atom. The van der Waals surface area contributed by atoms with E-state index in [4.69, 9.17) is 0 Å². The number of hydrogen-bond donors (Lipinski definition) is 0. The highest BCUT2D eigenvalue weighted by Crippen LogP contribution is 2.18. The molecule has 0 aliphatic carbocycles. The van der Waals surface area contributed by atoms with Crippen LogP contribution in [0.2, 0.25) is 0 Å². The number of benzene rings is 1. The Hall–Kier alpha value is -1.46. The molecule has 1 aromatic heterocycles. The van der Waals surface area contributed by atoms with Gasteiger partial charge in [0.25, 0.3) is 10.0 Å². The maximum absolute atomic E-state index is 11.7. The normalized spacial score (nSPS) is 12.1. The Bertz CT molecular complexity index is 611. The SMILES string of the molecule is Cc1ccc(/C=N/S(=O)(=O)c2cccs2)cc1. The lowest BCUT2D eigenvalue weighted by molar-refractivity contribution is 0.600. The second-order valence-corrected chi connectivity index (χ2v) is 6.36. The molecule has 17 heavy (non-hydrogen) atoms. The predicted molar refractivity (Wildman–Crippen MR) is 70.3 cm³/mol. The highest BCUT2D eigenvalue weighted by Gasteiger charge is 2.11. The van der Waals surface area contributed by atoms with Gasteiger partial charge in [-0.25, -0.2) is 0 Å². The molecule has 2 rings (SSSR count). The molecular formula is C12H11NO2S2. The molecule has 3 nitrogen and oxygen atoms in total. The van der Waals surface area contributed by atoms with Gasteiger partial charge < -0.3 is 0 Å². The van der Waals surface area contributed by atoms with Crippen molar-refractivity contribution in [1.29, 1.82) is 0 Å². The van der Waals surface area contributed by atoms with Gasteiger partial charge in [0.1, 0.15) is 4.21 Å². The molecule has 0 aliphatic rings. The van der Waals surface area contributed by atoms with Crippen LogP contribution in [0.5, 0.6) is 0 Å². The van der Waals surface area contributed by atoms with Crippen molar-refractivity contribution < 1.29 is 8.42 Å². The molecule has 0 unspecified atom stereocenters. The zero-order valence-corrected chi connectivity index (χ0v) is 10.8. The van der Waals surface area contributed by atoms with E-state index in [1.54, 1.807) is 17.5 Å². The average Bonchev–Trinajstić information content (AvgIpc) is 2.82. The van der Waals surface area contributed by atoms with Gasteiger partial charge in [-0.15, -0.1) is 11.3 Å². The highest BCUT2D eigenvalue weighted by atomic mass is 32.2. The summed E-state index contributed by atoms with van der Waals surface area (Å²) in [5.41, 5.74) is 1.90. The number of nitrogens with zero attached hydrogens (tertiary/aromatic N) is 1. The fourth-order valence-electron chi connectivity index (χ4n) is 1.24. The van der Waals surface area contributed by atoms with E-state index in [1.807, 2.05) is 31.2 Å². The van der Waals surface area contributed by atoms with Crippen molar-refractivity contribution in [3.05, 3.63) is 52.9 Å². The number of sulfonamides is 1. The summed E-state index contributed by atoms with van der Waals surface area (Å²) < 4.78 is 27.4. The summed E-state index contributed by atoms with van der Waals surface area (Å²) in [7, 11) is -3.54. The van der Waals surface area contributed by atoms with Gasteiger partial charge in [-0.05, 0) is 23.9 Å². The van der Waals surface area contributed by atoms with Crippen LogP contribution in [0.3, 0.4) is 0 Å². The number of rotatable bonds is 3. The van der Waals surface area contributed by atoms with E-state index in [0.29, 0.717) is 0 Å². The van der Waals surface area contributed by atoms with Crippen molar-refractivity contribution in [2.75, 3.05) is 0 Å². The first kappa shape index (κ1) is 12.0. The third kappa shape index (κ3) is 3.01. The number of aryl methyl sites for hydroxylation is 1. The van der Waals surface area contributed by atoms with Crippen molar-refractivity contribution in [3.63, 3.8) is 0 Å². The van der Waals surface area contributed by atoms with E-state index in [1.165, 1.54) is 17.6 Å². The lowest BCUT2D eigenvalue weighted by Gasteiger charge is -1.95. The minimum absolute atomic E-state index is 0.265. The van der Waals surface area contributed by atoms with E-state index in [-0.39, 0.29) is 4.21 Å². The molecule has 88 valence electrons. The molecule has 0 bridgehead atoms. The smallest absolute Gasteiger partial charge is 0.198 e. The van der Waals surface area contributed by atoms with Crippen molar-refractivity contribution in [2.45, 2.75) is 11.1 Å². The first-order valence-electron chi connectivity index (χ1n) is 4.98. The van der Waals surface area contributed by atoms with Gasteiger partial charge in [0.2, 0.25) is 0 Å². The van der Waals surface area contributed by atoms with Crippen LogP contribution in [0, 0.1) is 6.92 Å². The molecule has 0 spiro atoms. The molecule has 2 aromatic rings. The minimum Gasteiger partial charge on any atom is -0.198 e. The Kier molecular flexibility index (Phi) is 3.40. The van der Waals surface area contributed by atoms with Gasteiger partial charge in [-0.2, -0.15) is 12.8 Å². The van der Waals surface area contributed by atoms with Gasteiger partial charge in [0.05, 0.1) is 0 Å². The molecule has 1 aromatic carbocycles. The Morgan fingerprint density at radius 3 is 2.47 bits per heavy atom. The molecule has 0 saturated heterocycles. The summed E-state index contributed by atoms with van der Waals surface area (Å²) in [4.78, 5) is 0. The van der Waals surface area contributed by atoms with Crippen LogP contribution in [0.4, 0.5) is 0 Å². The molecule has 1 heterocycles. The lowest BCUT2D eigenvalue weighted by Crippen LogP contribution is -1.94. The predicted octanol–water partition coefficient (Wildman–Crippen LogP) is 2.86. The van der Waals surface area contributed by atoms with Crippen LogP contribution in [0.25, 0.3) is 0 Å². The molecule has 0 atom stereocenters. The maximum atomic E-state index is 11.7. The zero-order chi connectivity index (χ0) is 12.3. The standard InChI is InChI=1S/C12H11NO2S2/c1-10-4-6-11(7-5-10)9-13-17(14,15)12-3-2-8-16-12/h2-9H,1H3/b13-9+. The number of thiophene rings is 1. The molecule has 0 amide bonds. The van der Waals surface area contributed by atoms with E-state index >= 15 is 0 Å². The van der Waals surface area contributed by atoms with Crippen LogP contribution >= 0.6 is 11.3 Å². The third-order valence-corrected chi connectivity index (χ3v) is 4.78. The number of hydrogen-bond acceptors (Lipinski definition) is 3. The first-order valence-corrected chi connectivity index (χ1v) is 7.30. The first-order chi connectivity index (χ1) is 8.08. The Morgan fingerprint density at radius 2 is 1.88 bits per heavy atom. The van der Waals surface area contributed by atoms with Crippen LogP contribution in [0.1, 0.15) is 11.1 Å². The molecule has 0 saturated carbocycles. The summed E-state index contributed by atoms with van der Waals surface area (Å²) in [5.74, 6) is 0. The molecule has 0 fully saturated rings. The molecule has 5 heteroatoms. The topological polar surface area (TPSA) is 46.5 Å². The monoisotopic (exact) mass is 265 g/mol. The summed E-state index contributed by atoms with van der Waals surface area (Å²) in [6.45, 7) is 1.98. The fraction of sp³-hybridized carbons (Fsp3) is 0.0833. The summed E-state index contributed by atoms with van der Waals surface area (Å²) in [6.07, 6.45) is 1.37. The Balaban J connectivity index is 2.24. The largest absolute Gasteiger partial charge is 0.291 e. The van der Waals surface area contributed by atoms with Crippen molar-refractivity contribution >= 4 is 27.6 Å². The second kappa shape index (κ2) is 4.81. The van der Waals surface area contributed by atoms with Gasteiger partial charge in [0.15, 0.2) is 0 Å². The maximum Gasteiger partial charge on any atom is 0.291 e. The van der Waals surface area contributed by atoms with Crippen molar-refractivity contribution in [3.8, 4) is 0 Å². The van der Waals surface area contributed by atoms with Crippen LogP contribution in [0.15, 0.2) is 50.4 Å².